The molecule has 0 spiro atoms. The summed E-state index contributed by atoms with van der Waals surface area (Å²) in [6.07, 6.45) is 3.32. The number of carbonyl (C=O) groups is 1. The van der Waals surface area contributed by atoms with E-state index in [9.17, 15) is 4.79 Å². The number of nitrogens with zero attached hydrogens (tertiary/aromatic N) is 1. The number of nitrogens with one attached hydrogen (secondary N) is 1. The summed E-state index contributed by atoms with van der Waals surface area (Å²) in [5.41, 5.74) is 0.681. The molecule has 1 heterocycles. The Bertz CT molecular complexity index is 655. The fourth-order valence-electron chi connectivity index (χ4n) is 3.20. The predicted molar refractivity (Wildman–Crippen MR) is 107 cm³/mol. The van der Waals surface area contributed by atoms with Crippen molar-refractivity contribution < 1.29 is 14.3 Å². The number of ether oxygens (including phenoxy) is 2. The molecule has 1 N–H and O–H groups in total. The van der Waals surface area contributed by atoms with Gasteiger partial charge in [-0.15, -0.1) is 0 Å². The molecule has 3 rings (SSSR count). The molecule has 27 heavy (non-hydrogen) atoms. The van der Waals surface area contributed by atoms with Gasteiger partial charge in [0.1, 0.15) is 11.4 Å². The average Bonchev–Trinajstić information content (AvgIpc) is 3.29. The third kappa shape index (κ3) is 6.58. The van der Waals surface area contributed by atoms with Gasteiger partial charge in [-0.3, -0.25) is 0 Å². The van der Waals surface area contributed by atoms with Crippen molar-refractivity contribution in [3.8, 4) is 5.75 Å². The van der Waals surface area contributed by atoms with Gasteiger partial charge in [-0.2, -0.15) is 0 Å². The Labute approximate surface area is 167 Å². The Kier molecular flexibility index (Phi) is 6.53. The highest BCUT2D eigenvalue weighted by atomic mass is 35.5. The minimum absolute atomic E-state index is 0.210. The van der Waals surface area contributed by atoms with Gasteiger partial charge in [-0.25, -0.2) is 4.79 Å². The molecule has 0 aromatic heterocycles. The number of likely N-dealkylation sites (tertiary alicyclic amines) is 1. The third-order valence-corrected chi connectivity index (χ3v) is 5.12. The van der Waals surface area contributed by atoms with E-state index in [4.69, 9.17) is 21.1 Å². The smallest absolute Gasteiger partial charge is 0.410 e. The zero-order valence-electron chi connectivity index (χ0n) is 16.6. The van der Waals surface area contributed by atoms with E-state index < -0.39 is 5.60 Å². The first-order valence-electron chi connectivity index (χ1n) is 9.90. The van der Waals surface area contributed by atoms with E-state index in [0.29, 0.717) is 16.9 Å². The van der Waals surface area contributed by atoms with Gasteiger partial charge in [0.15, 0.2) is 0 Å². The van der Waals surface area contributed by atoms with Crippen LogP contribution in [0.4, 0.5) is 4.79 Å². The number of amides is 1. The molecule has 0 bridgehead atoms. The maximum atomic E-state index is 12.2. The largest absolute Gasteiger partial charge is 0.493 e. The standard InChI is InChI=1S/C21H31ClN2O3/c1-21(2,3)27-20(25)24-9-8-16(13-24)11-23-12-17-6-7-18(22)10-19(17)26-14-15-4-5-15/h6-7,10,15-16,23H,4-5,8-9,11-14H2,1-3H3/t16-/m0/s1. The van der Waals surface area contributed by atoms with Crippen LogP contribution in [0.15, 0.2) is 18.2 Å². The van der Waals surface area contributed by atoms with Gasteiger partial charge >= 0.3 is 6.09 Å². The first-order chi connectivity index (χ1) is 12.8. The minimum Gasteiger partial charge on any atom is -0.493 e. The molecule has 1 aliphatic carbocycles. The number of rotatable bonds is 7. The molecular formula is C21H31ClN2O3. The number of hydrogen-bond donors (Lipinski definition) is 1. The molecular weight excluding hydrogens is 364 g/mol. The van der Waals surface area contributed by atoms with E-state index in [-0.39, 0.29) is 6.09 Å². The summed E-state index contributed by atoms with van der Waals surface area (Å²) in [6, 6.07) is 5.84. The summed E-state index contributed by atoms with van der Waals surface area (Å²) >= 11 is 6.13. The lowest BCUT2D eigenvalue weighted by molar-refractivity contribution is 0.0288. The third-order valence-electron chi connectivity index (χ3n) is 4.89. The van der Waals surface area contributed by atoms with Gasteiger partial charge in [0, 0.05) is 36.8 Å². The van der Waals surface area contributed by atoms with Crippen molar-refractivity contribution in [1.82, 2.24) is 10.2 Å². The van der Waals surface area contributed by atoms with Crippen LogP contribution in [0.5, 0.6) is 5.75 Å². The summed E-state index contributed by atoms with van der Waals surface area (Å²) in [7, 11) is 0. The number of benzene rings is 1. The summed E-state index contributed by atoms with van der Waals surface area (Å²) in [4.78, 5) is 14.0. The number of hydrogen-bond acceptors (Lipinski definition) is 4. The van der Waals surface area contributed by atoms with Crippen LogP contribution in [0, 0.1) is 11.8 Å². The lowest BCUT2D eigenvalue weighted by Crippen LogP contribution is -2.36. The molecule has 1 atom stereocenters. The summed E-state index contributed by atoms with van der Waals surface area (Å²) in [5.74, 6) is 2.03. The molecule has 1 amide bonds. The first kappa shape index (κ1) is 20.3. The highest BCUT2D eigenvalue weighted by Crippen LogP contribution is 2.31. The van der Waals surface area contributed by atoms with E-state index in [1.165, 1.54) is 12.8 Å². The van der Waals surface area contributed by atoms with Crippen molar-refractivity contribution in [3.63, 3.8) is 0 Å². The van der Waals surface area contributed by atoms with Crippen LogP contribution >= 0.6 is 11.6 Å². The fraction of sp³-hybridized carbons (Fsp3) is 0.667. The monoisotopic (exact) mass is 394 g/mol. The quantitative estimate of drug-likeness (QED) is 0.741. The van der Waals surface area contributed by atoms with Crippen molar-refractivity contribution in [2.24, 2.45) is 11.8 Å². The van der Waals surface area contributed by atoms with E-state index in [1.54, 1.807) is 0 Å². The lowest BCUT2D eigenvalue weighted by atomic mass is 10.1. The Morgan fingerprint density at radius 2 is 2.04 bits per heavy atom. The normalized spacial score (nSPS) is 20.0. The van der Waals surface area contributed by atoms with Crippen molar-refractivity contribution in [2.75, 3.05) is 26.2 Å². The summed E-state index contributed by atoms with van der Waals surface area (Å²) < 4.78 is 11.4. The second-order valence-electron chi connectivity index (χ2n) is 8.72. The maximum Gasteiger partial charge on any atom is 0.410 e. The van der Waals surface area contributed by atoms with E-state index in [0.717, 1.165) is 50.5 Å². The molecule has 2 aliphatic rings. The molecule has 2 fully saturated rings. The SMILES string of the molecule is CC(C)(C)OC(=O)N1CC[C@@H](CNCc2ccc(Cl)cc2OCC2CC2)C1. The maximum absolute atomic E-state index is 12.2. The Morgan fingerprint density at radius 3 is 2.74 bits per heavy atom. The van der Waals surface area contributed by atoms with Crippen LogP contribution in [0.3, 0.4) is 0 Å². The molecule has 1 saturated carbocycles. The highest BCUT2D eigenvalue weighted by molar-refractivity contribution is 6.30. The van der Waals surface area contributed by atoms with E-state index >= 15 is 0 Å². The topological polar surface area (TPSA) is 50.8 Å². The molecule has 1 saturated heterocycles. The summed E-state index contributed by atoms with van der Waals surface area (Å²) in [5, 5.41) is 4.21. The molecule has 1 aromatic rings. The van der Waals surface area contributed by atoms with E-state index in [2.05, 4.69) is 5.32 Å². The molecule has 5 nitrogen and oxygen atoms in total. The van der Waals surface area contributed by atoms with Gasteiger partial charge in [-0.1, -0.05) is 17.7 Å². The van der Waals surface area contributed by atoms with Gasteiger partial charge in [0.05, 0.1) is 6.61 Å². The minimum atomic E-state index is -0.446. The molecule has 6 heteroatoms. The van der Waals surface area contributed by atoms with Crippen molar-refractivity contribution in [3.05, 3.63) is 28.8 Å². The Hall–Kier alpha value is -1.46. The fourth-order valence-corrected chi connectivity index (χ4v) is 3.37. The van der Waals surface area contributed by atoms with Crippen molar-refractivity contribution in [2.45, 2.75) is 52.2 Å². The second-order valence-corrected chi connectivity index (χ2v) is 9.15. The highest BCUT2D eigenvalue weighted by Gasteiger charge is 2.29. The van der Waals surface area contributed by atoms with Crippen LogP contribution < -0.4 is 10.1 Å². The molecule has 0 unspecified atom stereocenters. The van der Waals surface area contributed by atoms with Crippen LogP contribution in [0.25, 0.3) is 0 Å². The van der Waals surface area contributed by atoms with Gasteiger partial charge in [0.25, 0.3) is 0 Å². The van der Waals surface area contributed by atoms with Crippen LogP contribution in [-0.4, -0.2) is 42.8 Å². The van der Waals surface area contributed by atoms with Crippen molar-refractivity contribution in [1.29, 1.82) is 0 Å². The Morgan fingerprint density at radius 1 is 1.26 bits per heavy atom. The molecule has 150 valence electrons. The molecule has 1 aromatic carbocycles. The van der Waals surface area contributed by atoms with Gasteiger partial charge < -0.3 is 19.7 Å². The van der Waals surface area contributed by atoms with Gasteiger partial charge in [-0.05, 0) is 64.0 Å². The lowest BCUT2D eigenvalue weighted by Gasteiger charge is -2.24. The predicted octanol–water partition coefficient (Wildman–Crippen LogP) is 4.48. The number of carbonyl (C=O) groups excluding carboxylic acids is 1. The second kappa shape index (κ2) is 8.70. The average molecular weight is 395 g/mol. The van der Waals surface area contributed by atoms with Crippen LogP contribution in [-0.2, 0) is 11.3 Å². The van der Waals surface area contributed by atoms with Crippen LogP contribution in [0.1, 0.15) is 45.6 Å². The number of halogens is 1. The van der Waals surface area contributed by atoms with Crippen molar-refractivity contribution >= 4 is 17.7 Å². The molecule has 0 radical (unpaired) electrons. The Balaban J connectivity index is 1.44. The zero-order valence-corrected chi connectivity index (χ0v) is 17.3. The first-order valence-corrected chi connectivity index (χ1v) is 10.3. The van der Waals surface area contributed by atoms with Gasteiger partial charge in [0.2, 0.25) is 0 Å². The zero-order chi connectivity index (χ0) is 19.4. The van der Waals surface area contributed by atoms with Crippen LogP contribution in [0.2, 0.25) is 5.02 Å². The summed E-state index contributed by atoms with van der Waals surface area (Å²) in [6.45, 7) is 9.58. The molecule has 1 aliphatic heterocycles. The van der Waals surface area contributed by atoms with E-state index in [1.807, 2.05) is 43.9 Å².